The molecule has 5 rings (SSSR count). The lowest BCUT2D eigenvalue weighted by Crippen LogP contribution is -2.44. The fourth-order valence-electron chi connectivity index (χ4n) is 5.71. The summed E-state index contributed by atoms with van der Waals surface area (Å²) in [6.45, 7) is 7.20. The van der Waals surface area contributed by atoms with Crippen LogP contribution in [0.2, 0.25) is 0 Å². The Balaban J connectivity index is 1.42. The van der Waals surface area contributed by atoms with Gasteiger partial charge in [-0.05, 0) is 59.5 Å². The van der Waals surface area contributed by atoms with Gasteiger partial charge in [0.05, 0.1) is 18.8 Å². The zero-order valence-corrected chi connectivity index (χ0v) is 25.4. The van der Waals surface area contributed by atoms with E-state index >= 15 is 0 Å². The molecule has 1 heterocycles. The van der Waals surface area contributed by atoms with E-state index in [0.29, 0.717) is 6.54 Å². The second-order valence-electron chi connectivity index (χ2n) is 11.6. The first kappa shape index (κ1) is 30.6. The van der Waals surface area contributed by atoms with E-state index in [1.807, 2.05) is 36.4 Å². The smallest absolute Gasteiger partial charge is 0.217 e. The van der Waals surface area contributed by atoms with Crippen molar-refractivity contribution in [2.75, 3.05) is 13.6 Å². The number of nitrogens with one attached hydrogen (secondary N) is 1. The van der Waals surface area contributed by atoms with Crippen LogP contribution in [0.25, 0.3) is 11.1 Å². The van der Waals surface area contributed by atoms with Crippen molar-refractivity contribution in [1.29, 1.82) is 0 Å². The molecule has 224 valence electrons. The van der Waals surface area contributed by atoms with Crippen molar-refractivity contribution in [2.45, 2.75) is 58.5 Å². The van der Waals surface area contributed by atoms with E-state index in [1.165, 1.54) is 12.5 Å². The molecule has 6 heteroatoms. The first-order valence-corrected chi connectivity index (χ1v) is 15.0. The molecule has 2 N–H and O–H groups in total. The number of carbonyl (C=O) groups is 1. The summed E-state index contributed by atoms with van der Waals surface area (Å²) < 4.78 is 13.5. The predicted octanol–water partition coefficient (Wildman–Crippen LogP) is 6.97. The normalized spacial score (nSPS) is 21.0. The molecular formula is C37H42N2O4. The first-order valence-electron chi connectivity index (χ1n) is 15.0. The number of likely N-dealkylation sites (N-methyl/N-ethyl adjacent to an activating group) is 1. The fraction of sp³-hybridized carbons (Fsp3) is 0.324. The third-order valence-corrected chi connectivity index (χ3v) is 8.50. The van der Waals surface area contributed by atoms with Gasteiger partial charge in [0.1, 0.15) is 0 Å². The summed E-state index contributed by atoms with van der Waals surface area (Å²) in [5.74, 6) is 0.0439. The molecule has 6 nitrogen and oxygen atoms in total. The SMILES string of the molecule is CC(=O)NCc1cccc(-c2cccc(C3OC(CN(C)C(C)c4ccccc4)C(C)C(c4ccc(CO)cc4)O3)c2)c1. The Kier molecular flexibility index (Phi) is 10.1. The Labute approximate surface area is 255 Å². The topological polar surface area (TPSA) is 71.0 Å². The summed E-state index contributed by atoms with van der Waals surface area (Å²) in [5.41, 5.74) is 7.34. The van der Waals surface area contributed by atoms with Crippen LogP contribution in [0.5, 0.6) is 0 Å². The minimum absolute atomic E-state index is 0.0106. The molecule has 43 heavy (non-hydrogen) atoms. The van der Waals surface area contributed by atoms with E-state index in [4.69, 9.17) is 9.47 Å². The standard InChI is InChI=1S/C37H42N2O4/c1-25-35(23-39(4)26(2)30-11-6-5-7-12-30)42-37(43-36(25)31-18-16-28(24-40)17-19-31)34-15-9-14-33(21-34)32-13-8-10-29(20-32)22-38-27(3)41/h5-21,25-26,35-37,40H,22-24H2,1-4H3,(H,38,41). The molecule has 1 saturated heterocycles. The van der Waals surface area contributed by atoms with Gasteiger partial charge in [0, 0.05) is 37.5 Å². The Bertz CT molecular complexity index is 1490. The summed E-state index contributed by atoms with van der Waals surface area (Å²) in [5, 5.41) is 12.5. The van der Waals surface area contributed by atoms with Crippen molar-refractivity contribution >= 4 is 5.91 Å². The summed E-state index contributed by atoms with van der Waals surface area (Å²) in [4.78, 5) is 13.8. The van der Waals surface area contributed by atoms with Gasteiger partial charge in [-0.2, -0.15) is 0 Å². The number of ether oxygens (including phenoxy) is 2. The highest BCUT2D eigenvalue weighted by atomic mass is 16.7. The summed E-state index contributed by atoms with van der Waals surface area (Å²) in [6.07, 6.45) is -0.810. The van der Waals surface area contributed by atoms with Crippen molar-refractivity contribution in [3.8, 4) is 11.1 Å². The molecule has 5 unspecified atom stereocenters. The number of aliphatic hydroxyl groups is 1. The predicted molar refractivity (Wildman–Crippen MR) is 170 cm³/mol. The first-order chi connectivity index (χ1) is 20.8. The minimum Gasteiger partial charge on any atom is -0.392 e. The highest BCUT2D eigenvalue weighted by Gasteiger charge is 2.39. The maximum Gasteiger partial charge on any atom is 0.217 e. The van der Waals surface area contributed by atoms with Crippen LogP contribution in [0.3, 0.4) is 0 Å². The van der Waals surface area contributed by atoms with Crippen LogP contribution >= 0.6 is 0 Å². The highest BCUT2D eigenvalue weighted by Crippen LogP contribution is 2.42. The Morgan fingerprint density at radius 3 is 2.26 bits per heavy atom. The quantitative estimate of drug-likeness (QED) is 0.213. The van der Waals surface area contributed by atoms with E-state index in [1.54, 1.807) is 0 Å². The van der Waals surface area contributed by atoms with E-state index in [2.05, 4.69) is 97.8 Å². The van der Waals surface area contributed by atoms with Gasteiger partial charge in [0.25, 0.3) is 0 Å². The Morgan fingerprint density at radius 2 is 1.56 bits per heavy atom. The fourth-order valence-corrected chi connectivity index (χ4v) is 5.71. The van der Waals surface area contributed by atoms with Gasteiger partial charge < -0.3 is 19.9 Å². The van der Waals surface area contributed by atoms with Gasteiger partial charge >= 0.3 is 0 Å². The number of amides is 1. The molecule has 5 atom stereocenters. The lowest BCUT2D eigenvalue weighted by molar-refractivity contribution is -0.276. The van der Waals surface area contributed by atoms with Gasteiger partial charge in [-0.3, -0.25) is 9.69 Å². The van der Waals surface area contributed by atoms with Crippen molar-refractivity contribution in [2.24, 2.45) is 5.92 Å². The zero-order valence-electron chi connectivity index (χ0n) is 25.4. The molecule has 0 aromatic heterocycles. The summed E-state index contributed by atoms with van der Waals surface area (Å²) in [6, 6.07) is 35.3. The zero-order chi connectivity index (χ0) is 30.3. The molecule has 0 radical (unpaired) electrons. The highest BCUT2D eigenvalue weighted by molar-refractivity contribution is 5.73. The van der Waals surface area contributed by atoms with Crippen molar-refractivity contribution in [3.05, 3.63) is 131 Å². The van der Waals surface area contributed by atoms with Crippen molar-refractivity contribution in [1.82, 2.24) is 10.2 Å². The third-order valence-electron chi connectivity index (χ3n) is 8.50. The molecule has 1 aliphatic heterocycles. The van der Waals surface area contributed by atoms with Crippen molar-refractivity contribution in [3.63, 3.8) is 0 Å². The van der Waals surface area contributed by atoms with E-state index in [9.17, 15) is 9.90 Å². The number of hydrogen-bond acceptors (Lipinski definition) is 5. The number of aliphatic hydroxyl groups excluding tert-OH is 1. The number of rotatable bonds is 10. The minimum atomic E-state index is -0.549. The van der Waals surface area contributed by atoms with Crippen LogP contribution in [-0.2, 0) is 27.4 Å². The number of hydrogen-bond donors (Lipinski definition) is 2. The summed E-state index contributed by atoms with van der Waals surface area (Å²) >= 11 is 0. The van der Waals surface area contributed by atoms with Gasteiger partial charge in [-0.15, -0.1) is 0 Å². The molecule has 1 aliphatic rings. The third kappa shape index (κ3) is 7.59. The molecule has 0 spiro atoms. The van der Waals surface area contributed by atoms with E-state index in [0.717, 1.165) is 39.9 Å². The van der Waals surface area contributed by atoms with Gasteiger partial charge in [-0.1, -0.05) is 97.9 Å². The number of benzene rings is 4. The molecule has 4 aromatic rings. The Morgan fingerprint density at radius 1 is 0.860 bits per heavy atom. The van der Waals surface area contributed by atoms with Gasteiger partial charge in [0.15, 0.2) is 6.29 Å². The van der Waals surface area contributed by atoms with Crippen LogP contribution in [0.1, 0.15) is 67.0 Å². The van der Waals surface area contributed by atoms with Crippen LogP contribution in [0, 0.1) is 5.92 Å². The van der Waals surface area contributed by atoms with Crippen LogP contribution in [0.15, 0.2) is 103 Å². The number of nitrogens with zero attached hydrogens (tertiary/aromatic N) is 1. The van der Waals surface area contributed by atoms with E-state index in [-0.39, 0.29) is 36.7 Å². The average Bonchev–Trinajstić information content (AvgIpc) is 3.05. The van der Waals surface area contributed by atoms with Crippen LogP contribution in [-0.4, -0.2) is 35.6 Å². The average molecular weight is 579 g/mol. The molecule has 0 saturated carbocycles. The summed E-state index contributed by atoms with van der Waals surface area (Å²) in [7, 11) is 2.15. The molecule has 0 bridgehead atoms. The molecular weight excluding hydrogens is 536 g/mol. The van der Waals surface area contributed by atoms with E-state index < -0.39 is 6.29 Å². The maximum atomic E-state index is 11.4. The van der Waals surface area contributed by atoms with Crippen molar-refractivity contribution < 1.29 is 19.4 Å². The lowest BCUT2D eigenvalue weighted by atomic mass is 9.89. The van der Waals surface area contributed by atoms with Crippen LogP contribution in [0.4, 0.5) is 0 Å². The monoisotopic (exact) mass is 578 g/mol. The number of carbonyl (C=O) groups excluding carboxylic acids is 1. The second kappa shape index (κ2) is 14.1. The molecule has 1 amide bonds. The van der Waals surface area contributed by atoms with Crippen LogP contribution < -0.4 is 5.32 Å². The Hall–Kier alpha value is -3.81. The van der Waals surface area contributed by atoms with Gasteiger partial charge in [0.2, 0.25) is 5.91 Å². The largest absolute Gasteiger partial charge is 0.392 e. The second-order valence-corrected chi connectivity index (χ2v) is 11.6. The molecule has 4 aromatic carbocycles. The van der Waals surface area contributed by atoms with Gasteiger partial charge in [-0.25, -0.2) is 0 Å². The molecule has 1 fully saturated rings. The molecule has 0 aliphatic carbocycles. The lowest BCUT2D eigenvalue weighted by Gasteiger charge is -2.43. The maximum absolute atomic E-state index is 11.4.